The summed E-state index contributed by atoms with van der Waals surface area (Å²) in [5, 5.41) is 4.01. The summed E-state index contributed by atoms with van der Waals surface area (Å²) in [6.07, 6.45) is 0.742. The Balaban J connectivity index is 1.64. The number of aryl methyl sites for hydroxylation is 4. The molecule has 0 saturated heterocycles. The Hall–Kier alpha value is -2.95. The Kier molecular flexibility index (Phi) is 5.16. The summed E-state index contributed by atoms with van der Waals surface area (Å²) in [6.45, 7) is 6.06. The van der Waals surface area contributed by atoms with E-state index in [9.17, 15) is 4.79 Å². The van der Waals surface area contributed by atoms with E-state index in [0.717, 1.165) is 22.4 Å². The maximum Gasteiger partial charge on any atom is 0.227 e. The van der Waals surface area contributed by atoms with Crippen molar-refractivity contribution in [2.75, 3.05) is 11.9 Å². The molecule has 3 aromatic rings. The molecule has 0 spiro atoms. The average molecular weight is 349 g/mol. The van der Waals surface area contributed by atoms with E-state index in [2.05, 4.69) is 10.1 Å². The molecule has 1 heterocycles. The van der Waals surface area contributed by atoms with Crippen molar-refractivity contribution in [2.45, 2.75) is 33.6 Å². The van der Waals surface area contributed by atoms with Crippen LogP contribution in [-0.4, -0.2) is 23.1 Å². The topological polar surface area (TPSA) is 59.2 Å². The highest BCUT2D eigenvalue weighted by Gasteiger charge is 2.16. The number of rotatable bonds is 5. The van der Waals surface area contributed by atoms with Gasteiger partial charge in [0, 0.05) is 31.1 Å². The van der Waals surface area contributed by atoms with E-state index in [4.69, 9.17) is 4.52 Å². The third-order valence-electron chi connectivity index (χ3n) is 4.43. The van der Waals surface area contributed by atoms with E-state index in [1.807, 2.05) is 63.2 Å². The second-order valence-electron chi connectivity index (χ2n) is 6.62. The minimum absolute atomic E-state index is 0.0220. The van der Waals surface area contributed by atoms with Crippen molar-refractivity contribution >= 4 is 11.6 Å². The Bertz CT molecular complexity index is 913. The number of anilines is 1. The molecule has 3 rings (SSSR count). The van der Waals surface area contributed by atoms with Crippen LogP contribution in [0.4, 0.5) is 5.69 Å². The minimum Gasteiger partial charge on any atom is -0.339 e. The molecule has 0 aliphatic heterocycles. The van der Waals surface area contributed by atoms with Crippen molar-refractivity contribution < 1.29 is 9.32 Å². The molecular formula is C21H23N3O2. The van der Waals surface area contributed by atoms with Gasteiger partial charge in [0.25, 0.3) is 0 Å². The van der Waals surface area contributed by atoms with Crippen LogP contribution in [0.3, 0.4) is 0 Å². The number of amides is 1. The molecule has 0 radical (unpaired) electrons. The van der Waals surface area contributed by atoms with Crippen molar-refractivity contribution in [3.63, 3.8) is 0 Å². The quantitative estimate of drug-likeness (QED) is 0.691. The zero-order valence-electron chi connectivity index (χ0n) is 15.6. The Labute approximate surface area is 153 Å². The summed E-state index contributed by atoms with van der Waals surface area (Å²) in [5.41, 5.74) is 5.22. The number of nitrogens with zero attached hydrogens (tertiary/aromatic N) is 3. The van der Waals surface area contributed by atoms with Gasteiger partial charge in [0.2, 0.25) is 17.6 Å². The van der Waals surface area contributed by atoms with Gasteiger partial charge < -0.3 is 9.42 Å². The molecule has 0 atom stereocenters. The summed E-state index contributed by atoms with van der Waals surface area (Å²) in [6, 6.07) is 14.0. The number of hydrogen-bond donors (Lipinski definition) is 0. The van der Waals surface area contributed by atoms with Crippen molar-refractivity contribution in [3.8, 4) is 11.4 Å². The van der Waals surface area contributed by atoms with Gasteiger partial charge in [0.05, 0.1) is 0 Å². The van der Waals surface area contributed by atoms with Gasteiger partial charge in [-0.3, -0.25) is 4.79 Å². The standard InChI is InChI=1S/C21H23N3O2/c1-14-6-9-17(10-7-14)21-22-19(26-23-21)11-12-20(25)24(4)18-13-15(2)5-8-16(18)3/h5-10,13H,11-12H2,1-4H3. The lowest BCUT2D eigenvalue weighted by atomic mass is 10.1. The van der Waals surface area contributed by atoms with Gasteiger partial charge in [-0.2, -0.15) is 4.98 Å². The van der Waals surface area contributed by atoms with Gasteiger partial charge in [-0.1, -0.05) is 47.1 Å². The maximum absolute atomic E-state index is 12.5. The third-order valence-corrected chi connectivity index (χ3v) is 4.43. The average Bonchev–Trinajstić information content (AvgIpc) is 3.10. The first kappa shape index (κ1) is 17.9. The number of aromatic nitrogens is 2. The summed E-state index contributed by atoms with van der Waals surface area (Å²) in [4.78, 5) is 18.6. The van der Waals surface area contributed by atoms with Crippen LogP contribution < -0.4 is 4.90 Å². The van der Waals surface area contributed by atoms with Gasteiger partial charge in [0.15, 0.2) is 0 Å². The lowest BCUT2D eigenvalue weighted by molar-refractivity contribution is -0.118. The normalized spacial score (nSPS) is 10.8. The fourth-order valence-electron chi connectivity index (χ4n) is 2.77. The molecule has 0 unspecified atom stereocenters. The minimum atomic E-state index is 0.0220. The number of carbonyl (C=O) groups is 1. The number of hydrogen-bond acceptors (Lipinski definition) is 4. The predicted octanol–water partition coefficient (Wildman–Crippen LogP) is 4.26. The molecule has 0 aliphatic rings. The SMILES string of the molecule is Cc1ccc(-c2noc(CCC(=O)N(C)c3cc(C)ccc3C)n2)cc1. The highest BCUT2D eigenvalue weighted by atomic mass is 16.5. The first-order valence-corrected chi connectivity index (χ1v) is 8.67. The summed E-state index contributed by atoms with van der Waals surface area (Å²) in [7, 11) is 1.80. The second-order valence-corrected chi connectivity index (χ2v) is 6.62. The van der Waals surface area contributed by atoms with Gasteiger partial charge in [-0.05, 0) is 38.0 Å². The molecule has 5 nitrogen and oxygen atoms in total. The van der Waals surface area contributed by atoms with E-state index < -0.39 is 0 Å². The Morgan fingerprint density at radius 1 is 1.04 bits per heavy atom. The lowest BCUT2D eigenvalue weighted by Crippen LogP contribution is -2.27. The molecule has 0 bridgehead atoms. The largest absolute Gasteiger partial charge is 0.339 e. The molecule has 134 valence electrons. The zero-order valence-corrected chi connectivity index (χ0v) is 15.6. The maximum atomic E-state index is 12.5. The first-order valence-electron chi connectivity index (χ1n) is 8.67. The van der Waals surface area contributed by atoms with E-state index in [0.29, 0.717) is 24.6 Å². The molecule has 0 saturated carbocycles. The molecule has 0 aliphatic carbocycles. The van der Waals surface area contributed by atoms with E-state index in [1.165, 1.54) is 5.56 Å². The predicted molar refractivity (Wildman–Crippen MR) is 102 cm³/mol. The molecule has 1 aromatic heterocycles. The highest BCUT2D eigenvalue weighted by Crippen LogP contribution is 2.22. The number of benzene rings is 2. The second kappa shape index (κ2) is 7.52. The Morgan fingerprint density at radius 3 is 2.46 bits per heavy atom. The van der Waals surface area contributed by atoms with Crippen LogP contribution in [0.2, 0.25) is 0 Å². The first-order chi connectivity index (χ1) is 12.4. The Morgan fingerprint density at radius 2 is 1.73 bits per heavy atom. The van der Waals surface area contributed by atoms with E-state index >= 15 is 0 Å². The summed E-state index contributed by atoms with van der Waals surface area (Å²) in [5.74, 6) is 1.05. The highest BCUT2D eigenvalue weighted by molar-refractivity contribution is 5.93. The monoisotopic (exact) mass is 349 g/mol. The van der Waals surface area contributed by atoms with Gasteiger partial charge in [0.1, 0.15) is 0 Å². The summed E-state index contributed by atoms with van der Waals surface area (Å²) < 4.78 is 5.30. The van der Waals surface area contributed by atoms with E-state index in [1.54, 1.807) is 11.9 Å². The molecule has 1 amide bonds. The molecule has 5 heteroatoms. The summed E-state index contributed by atoms with van der Waals surface area (Å²) >= 11 is 0. The molecule has 0 fully saturated rings. The van der Waals surface area contributed by atoms with Crippen LogP contribution in [0.15, 0.2) is 47.0 Å². The van der Waals surface area contributed by atoms with Crippen molar-refractivity contribution in [1.29, 1.82) is 0 Å². The number of carbonyl (C=O) groups excluding carboxylic acids is 1. The van der Waals surface area contributed by atoms with Crippen molar-refractivity contribution in [1.82, 2.24) is 10.1 Å². The molecule has 0 N–H and O–H groups in total. The van der Waals surface area contributed by atoms with Crippen LogP contribution >= 0.6 is 0 Å². The van der Waals surface area contributed by atoms with Crippen LogP contribution in [0.5, 0.6) is 0 Å². The van der Waals surface area contributed by atoms with Gasteiger partial charge in [-0.15, -0.1) is 0 Å². The van der Waals surface area contributed by atoms with Crippen LogP contribution in [0.1, 0.15) is 29.0 Å². The fourth-order valence-corrected chi connectivity index (χ4v) is 2.77. The third kappa shape index (κ3) is 3.99. The zero-order chi connectivity index (χ0) is 18.7. The smallest absolute Gasteiger partial charge is 0.227 e. The van der Waals surface area contributed by atoms with E-state index in [-0.39, 0.29) is 5.91 Å². The van der Waals surface area contributed by atoms with Crippen molar-refractivity contribution in [3.05, 3.63) is 65.0 Å². The molecule has 26 heavy (non-hydrogen) atoms. The van der Waals surface area contributed by atoms with Crippen LogP contribution in [-0.2, 0) is 11.2 Å². The van der Waals surface area contributed by atoms with Crippen LogP contribution in [0, 0.1) is 20.8 Å². The fraction of sp³-hybridized carbons (Fsp3) is 0.286. The van der Waals surface area contributed by atoms with Crippen molar-refractivity contribution in [2.24, 2.45) is 0 Å². The van der Waals surface area contributed by atoms with Crippen LogP contribution in [0.25, 0.3) is 11.4 Å². The molecule has 2 aromatic carbocycles. The lowest BCUT2D eigenvalue weighted by Gasteiger charge is -2.19. The van der Waals surface area contributed by atoms with Gasteiger partial charge in [-0.25, -0.2) is 0 Å². The molecular weight excluding hydrogens is 326 g/mol. The van der Waals surface area contributed by atoms with Gasteiger partial charge >= 0.3 is 0 Å².